The van der Waals surface area contributed by atoms with Crippen LogP contribution < -0.4 is 0 Å². The molecule has 57 heavy (non-hydrogen) atoms. The maximum absolute atomic E-state index is 6.34. The number of hydrogen-bond acceptors (Lipinski definition) is 4. The van der Waals surface area contributed by atoms with Gasteiger partial charge in [-0.2, -0.15) is 0 Å². The van der Waals surface area contributed by atoms with Gasteiger partial charge in [0.05, 0.1) is 17.4 Å². The van der Waals surface area contributed by atoms with Gasteiger partial charge in [0.1, 0.15) is 11.2 Å². The number of hydrogen-bond donors (Lipinski definition) is 0. The van der Waals surface area contributed by atoms with Gasteiger partial charge in [-0.05, 0) is 131 Å². The third-order valence-electron chi connectivity index (χ3n) is 11.7. The molecule has 12 rings (SSSR count). The highest BCUT2D eigenvalue weighted by Crippen LogP contribution is 2.44. The van der Waals surface area contributed by atoms with E-state index < -0.39 is 0 Å². The summed E-state index contributed by atoms with van der Waals surface area (Å²) >= 11 is 1.90. The van der Waals surface area contributed by atoms with E-state index in [1.807, 2.05) is 48.0 Å². The van der Waals surface area contributed by atoms with Crippen LogP contribution in [-0.4, -0.2) is 14.5 Å². The lowest BCUT2D eigenvalue weighted by molar-refractivity contribution is 0.640. The van der Waals surface area contributed by atoms with Gasteiger partial charge in [0.25, 0.3) is 0 Å². The molecule has 1 atom stereocenters. The van der Waals surface area contributed by atoms with Gasteiger partial charge in [-0.25, -0.2) is 0 Å². The van der Waals surface area contributed by atoms with Crippen molar-refractivity contribution in [3.05, 3.63) is 187 Å². The first kappa shape index (κ1) is 32.2. The average Bonchev–Trinajstić information content (AvgIpc) is 3.95. The highest BCUT2D eigenvalue weighted by Gasteiger charge is 2.24. The lowest BCUT2D eigenvalue weighted by Gasteiger charge is -2.22. The molecule has 1 aliphatic carbocycles. The zero-order chi connectivity index (χ0) is 37.5. The van der Waals surface area contributed by atoms with E-state index in [2.05, 4.69) is 155 Å². The molecule has 5 aromatic heterocycles. The average molecular weight is 748 g/mol. The van der Waals surface area contributed by atoms with Crippen LogP contribution in [0.3, 0.4) is 0 Å². The summed E-state index contributed by atoms with van der Waals surface area (Å²) in [5, 5.41) is 6.04. The van der Waals surface area contributed by atoms with Crippen LogP contribution in [0.4, 0.5) is 0 Å². The van der Waals surface area contributed by atoms with Crippen LogP contribution in [0.15, 0.2) is 181 Å². The first-order valence-electron chi connectivity index (χ1n) is 19.4. The monoisotopic (exact) mass is 747 g/mol. The Morgan fingerprint density at radius 1 is 0.509 bits per heavy atom. The summed E-state index contributed by atoms with van der Waals surface area (Å²) < 4.78 is 10.3. The van der Waals surface area contributed by atoms with Crippen molar-refractivity contribution >= 4 is 71.2 Å². The van der Waals surface area contributed by atoms with Crippen molar-refractivity contribution in [2.45, 2.75) is 12.5 Å². The number of aromatic nitrogens is 3. The third-order valence-corrected chi connectivity index (χ3v) is 12.9. The molecule has 0 saturated carbocycles. The van der Waals surface area contributed by atoms with Gasteiger partial charge in [-0.3, -0.25) is 9.97 Å². The van der Waals surface area contributed by atoms with Crippen LogP contribution in [0.25, 0.3) is 105 Å². The Labute approximate surface area is 332 Å². The maximum Gasteiger partial charge on any atom is 0.135 e. The van der Waals surface area contributed by atoms with Crippen LogP contribution in [0.2, 0.25) is 0 Å². The zero-order valence-corrected chi connectivity index (χ0v) is 31.6. The molecule has 11 aromatic rings. The number of rotatable bonds is 5. The summed E-state index contributed by atoms with van der Waals surface area (Å²) in [4.78, 5) is 10.7. The molecule has 1 unspecified atom stereocenters. The number of thiophene rings is 1. The second-order valence-electron chi connectivity index (χ2n) is 14.9. The fourth-order valence-electron chi connectivity index (χ4n) is 9.00. The van der Waals surface area contributed by atoms with E-state index in [0.717, 1.165) is 56.4 Å². The highest BCUT2D eigenvalue weighted by atomic mass is 32.1. The lowest BCUT2D eigenvalue weighted by Crippen LogP contribution is -2.12. The number of nitrogens with zero attached hydrogens (tertiary/aromatic N) is 3. The van der Waals surface area contributed by atoms with Crippen LogP contribution in [0.1, 0.15) is 16.5 Å². The van der Waals surface area contributed by atoms with E-state index in [1.165, 1.54) is 59.0 Å². The van der Waals surface area contributed by atoms with Crippen molar-refractivity contribution in [2.24, 2.45) is 0 Å². The lowest BCUT2D eigenvalue weighted by atomic mass is 9.95. The predicted molar refractivity (Wildman–Crippen MR) is 238 cm³/mol. The Morgan fingerprint density at radius 3 is 1.86 bits per heavy atom. The molecular formula is C52H33N3OS. The number of furan rings is 1. The van der Waals surface area contributed by atoms with E-state index in [4.69, 9.17) is 9.40 Å². The summed E-state index contributed by atoms with van der Waals surface area (Å²) in [5.74, 6) is 0. The Balaban J connectivity index is 1.04. The number of benzene rings is 6. The van der Waals surface area contributed by atoms with Gasteiger partial charge in [0, 0.05) is 65.7 Å². The molecule has 6 aromatic carbocycles. The molecule has 4 nitrogen and oxygen atoms in total. The molecule has 0 fully saturated rings. The van der Waals surface area contributed by atoms with Crippen molar-refractivity contribution in [1.29, 1.82) is 0 Å². The topological polar surface area (TPSA) is 43.9 Å². The molecule has 5 heterocycles. The minimum atomic E-state index is 0.176. The first-order chi connectivity index (χ1) is 28.2. The van der Waals surface area contributed by atoms with Crippen LogP contribution in [-0.2, 0) is 6.42 Å². The Kier molecular flexibility index (Phi) is 7.19. The van der Waals surface area contributed by atoms with E-state index in [-0.39, 0.29) is 6.04 Å². The molecule has 0 bridgehead atoms. The molecule has 0 aliphatic heterocycles. The SMILES string of the molecule is C1=CC(n2c3ccc(-c4ccc5oc6ccc(-c7ccccn7)cc6c5c4)cc3c3cc(-c4ccccc4-c4ccccn4)ccc32)Cc2c1sc1ccccc21. The summed E-state index contributed by atoms with van der Waals surface area (Å²) in [7, 11) is 0. The number of fused-ring (bicyclic) bond motifs is 9. The molecular weight excluding hydrogens is 715 g/mol. The minimum Gasteiger partial charge on any atom is -0.456 e. The molecule has 0 radical (unpaired) electrons. The maximum atomic E-state index is 6.34. The second kappa shape index (κ2) is 12.7. The molecule has 1 aliphatic rings. The van der Waals surface area contributed by atoms with Crippen LogP contribution >= 0.6 is 11.3 Å². The summed E-state index contributed by atoms with van der Waals surface area (Å²) in [5.41, 5.74) is 14.5. The fourth-order valence-corrected chi connectivity index (χ4v) is 10.2. The minimum absolute atomic E-state index is 0.176. The summed E-state index contributed by atoms with van der Waals surface area (Å²) in [6.07, 6.45) is 9.42. The molecule has 0 amide bonds. The van der Waals surface area contributed by atoms with Crippen molar-refractivity contribution in [2.75, 3.05) is 0 Å². The highest BCUT2D eigenvalue weighted by molar-refractivity contribution is 7.20. The summed E-state index contributed by atoms with van der Waals surface area (Å²) in [6.45, 7) is 0. The fraction of sp³-hybridized carbons (Fsp3) is 0.0385. The van der Waals surface area contributed by atoms with Gasteiger partial charge >= 0.3 is 0 Å². The van der Waals surface area contributed by atoms with E-state index in [0.29, 0.717) is 0 Å². The van der Waals surface area contributed by atoms with Crippen molar-refractivity contribution in [3.63, 3.8) is 0 Å². The van der Waals surface area contributed by atoms with Gasteiger partial charge in [0.2, 0.25) is 0 Å². The normalized spacial score (nSPS) is 14.0. The molecule has 5 heteroatoms. The number of allylic oxidation sites excluding steroid dienone is 1. The standard InChI is InChI=1S/C52H33N3OS/c1-2-10-38(46-13-6-8-26-54-46)37(9-1)34-16-21-48-41(29-34)40-27-32(15-20-47(40)55(48)36-19-24-52-44(31-36)39-11-3-4-14-51(39)57-52)33-17-22-49-42(28-33)43-30-35(18-23-50(43)56-49)45-12-5-7-25-53-45/h1-30,36H,31H2. The summed E-state index contributed by atoms with van der Waals surface area (Å²) in [6, 6.07) is 56.7. The predicted octanol–water partition coefficient (Wildman–Crippen LogP) is 14.2. The van der Waals surface area contributed by atoms with Crippen LogP contribution in [0, 0.1) is 0 Å². The molecule has 0 saturated heterocycles. The van der Waals surface area contributed by atoms with Gasteiger partial charge in [-0.15, -0.1) is 11.3 Å². The zero-order valence-electron chi connectivity index (χ0n) is 30.8. The number of pyridine rings is 2. The van der Waals surface area contributed by atoms with E-state index in [1.54, 1.807) is 0 Å². The Morgan fingerprint density at radius 2 is 1.11 bits per heavy atom. The molecule has 0 N–H and O–H groups in total. The van der Waals surface area contributed by atoms with E-state index >= 15 is 0 Å². The largest absolute Gasteiger partial charge is 0.456 e. The Bertz CT molecular complexity index is 3390. The Hall–Kier alpha value is -7.08. The van der Waals surface area contributed by atoms with Crippen molar-refractivity contribution < 1.29 is 4.42 Å². The molecule has 0 spiro atoms. The van der Waals surface area contributed by atoms with Crippen LogP contribution in [0.5, 0.6) is 0 Å². The smallest absolute Gasteiger partial charge is 0.135 e. The van der Waals surface area contributed by atoms with Crippen molar-refractivity contribution in [1.82, 2.24) is 14.5 Å². The first-order valence-corrected chi connectivity index (χ1v) is 20.2. The third kappa shape index (κ3) is 5.20. The quantitative estimate of drug-likeness (QED) is 0.176. The van der Waals surface area contributed by atoms with Gasteiger partial charge in [-0.1, -0.05) is 78.9 Å². The van der Waals surface area contributed by atoms with Crippen molar-refractivity contribution in [3.8, 4) is 44.8 Å². The second-order valence-corrected chi connectivity index (χ2v) is 16.0. The van der Waals surface area contributed by atoms with Gasteiger partial charge in [0.15, 0.2) is 0 Å². The molecule has 268 valence electrons. The van der Waals surface area contributed by atoms with E-state index in [9.17, 15) is 0 Å². The van der Waals surface area contributed by atoms with Gasteiger partial charge < -0.3 is 8.98 Å².